The van der Waals surface area contributed by atoms with E-state index in [-0.39, 0.29) is 32.4 Å². The molecule has 3 saturated heterocycles. The van der Waals surface area contributed by atoms with E-state index in [9.17, 15) is 33.6 Å². The molecule has 2 aliphatic carbocycles. The maximum absolute atomic E-state index is 14.8. The standard InChI is InChI=1S/C63H75N9O9/c1-9-10-24-55(73)66-48(31-40-19-12-11-13-20-40)58(74)67-49-37-80-63(79)52-23-17-30-72(52)60(76)39(3)65-59(75)50(70(8)62(78)51-22-16-29-71(51)61(49)77)21-15-14-18-38(2)64-43-25-27-46-41(33-43)32-42-34-45(69(6)7)36-54-56(42)57(46)47-28-26-44(68(4)5)35-53(47)81-54/h10-13,19-20,24-28,33-36,39,48-52H,2,9,14-18,21-23,29-32,37H2,1,3-8H3,(H3,65,66,67,73,74,75)/p+1/b24-10+/t39-,48-,49-,50-,51-,52-/m0/s1. The molecular formula is C63H76N9O9+. The second-order valence-electron chi connectivity index (χ2n) is 22.3. The lowest BCUT2D eigenvalue weighted by atomic mass is 9.81. The number of benzene rings is 4. The summed E-state index contributed by atoms with van der Waals surface area (Å²) in [5.74, 6) is -3.33. The quantitative estimate of drug-likeness (QED) is 0.0321. The van der Waals surface area contributed by atoms with Crippen LogP contribution in [0.2, 0.25) is 0 Å². The van der Waals surface area contributed by atoms with Crippen molar-refractivity contribution in [1.82, 2.24) is 35.2 Å². The lowest BCUT2D eigenvalue weighted by Gasteiger charge is -2.35. The van der Waals surface area contributed by atoms with Crippen molar-refractivity contribution in [3.05, 3.63) is 125 Å². The summed E-state index contributed by atoms with van der Waals surface area (Å²) in [6, 6.07) is 19.5. The molecule has 0 radical (unpaired) electrons. The number of nitrogens with one attached hydrogen (secondary N) is 4. The van der Waals surface area contributed by atoms with Gasteiger partial charge in [0.2, 0.25) is 40.8 Å². The fraction of sp³-hybridized carbons (Fsp3) is 0.429. The van der Waals surface area contributed by atoms with Gasteiger partial charge in [0.15, 0.2) is 0 Å². The molecule has 0 unspecified atom stereocenters. The molecule has 81 heavy (non-hydrogen) atoms. The van der Waals surface area contributed by atoms with Gasteiger partial charge in [0.1, 0.15) is 68.3 Å². The van der Waals surface area contributed by atoms with Crippen LogP contribution < -0.4 is 36.1 Å². The number of cyclic esters (lactones) is 1. The summed E-state index contributed by atoms with van der Waals surface area (Å²) >= 11 is 0. The van der Waals surface area contributed by atoms with Crippen molar-refractivity contribution in [2.75, 3.05) is 65.2 Å². The highest BCUT2D eigenvalue weighted by Gasteiger charge is 2.44. The van der Waals surface area contributed by atoms with Crippen LogP contribution in [0.3, 0.4) is 0 Å². The van der Waals surface area contributed by atoms with Crippen LogP contribution in [0, 0.1) is 0 Å². The number of rotatable bonds is 15. The number of allylic oxidation sites excluding steroid dienone is 2. The maximum atomic E-state index is 14.8. The van der Waals surface area contributed by atoms with Crippen LogP contribution in [0.1, 0.15) is 88.3 Å². The van der Waals surface area contributed by atoms with Gasteiger partial charge in [-0.05, 0) is 117 Å². The molecule has 3 aromatic carbocycles. The molecule has 18 nitrogen and oxygen atoms in total. The Bertz CT molecular complexity index is 3330. The minimum Gasteiger partial charge on any atom is -0.461 e. The molecule has 0 bridgehead atoms. The molecule has 4 aliphatic heterocycles. The molecule has 4 heterocycles. The number of nitrogens with zero attached hydrogens (tertiary/aromatic N) is 5. The summed E-state index contributed by atoms with van der Waals surface area (Å²) in [6.07, 6.45) is 7.83. The van der Waals surface area contributed by atoms with Crippen molar-refractivity contribution in [2.45, 2.75) is 121 Å². The van der Waals surface area contributed by atoms with Gasteiger partial charge in [0.05, 0.1) is 6.07 Å². The summed E-state index contributed by atoms with van der Waals surface area (Å²) < 4.78 is 14.5. The molecule has 3 aromatic rings. The average molecular weight is 1100 g/mol. The van der Waals surface area contributed by atoms with Crippen LogP contribution >= 0.6 is 0 Å². The Morgan fingerprint density at radius 3 is 2.33 bits per heavy atom. The fourth-order valence-corrected chi connectivity index (χ4v) is 11.7. The van der Waals surface area contributed by atoms with Gasteiger partial charge >= 0.3 is 5.97 Å². The molecule has 0 aromatic heterocycles. The van der Waals surface area contributed by atoms with E-state index >= 15 is 0 Å². The molecule has 6 atom stereocenters. The summed E-state index contributed by atoms with van der Waals surface area (Å²) in [4.78, 5) is 105. The van der Waals surface area contributed by atoms with E-state index in [0.29, 0.717) is 51.4 Å². The Labute approximate surface area is 473 Å². The first-order chi connectivity index (χ1) is 38.9. The number of carbonyl (C=O) groups excluding carboxylic acids is 7. The van der Waals surface area contributed by atoms with Crippen LogP contribution in [0.5, 0.6) is 0 Å². The molecule has 0 saturated carbocycles. The Balaban J connectivity index is 0.915. The van der Waals surface area contributed by atoms with Crippen molar-refractivity contribution in [3.8, 4) is 22.5 Å². The zero-order valence-electron chi connectivity index (χ0n) is 47.6. The number of anilines is 2. The predicted octanol–water partition coefficient (Wildman–Crippen LogP) is 5.74. The number of amides is 6. The minimum absolute atomic E-state index is 0.0918. The van der Waals surface area contributed by atoms with Crippen molar-refractivity contribution in [1.29, 1.82) is 0 Å². The molecule has 0 spiro atoms. The van der Waals surface area contributed by atoms with Gasteiger partial charge in [-0.25, -0.2) is 9.37 Å². The fourth-order valence-electron chi connectivity index (χ4n) is 11.7. The summed E-state index contributed by atoms with van der Waals surface area (Å²) in [7, 11) is 9.64. The highest BCUT2D eigenvalue weighted by Crippen LogP contribution is 2.48. The normalized spacial score (nSPS) is 20.9. The lowest BCUT2D eigenvalue weighted by Crippen LogP contribution is -2.60. The first-order valence-electron chi connectivity index (χ1n) is 28.4. The van der Waals surface area contributed by atoms with Crippen LogP contribution in [0.25, 0.3) is 33.4 Å². The van der Waals surface area contributed by atoms with Gasteiger partial charge in [-0.15, -0.1) is 0 Å². The molecule has 3 fully saturated rings. The number of likely N-dealkylation sites (N-methyl/N-ethyl adjacent to an activating group) is 1. The monoisotopic (exact) mass is 1100 g/mol. The van der Waals surface area contributed by atoms with Crippen LogP contribution in [-0.4, -0.2) is 147 Å². The van der Waals surface area contributed by atoms with E-state index in [1.807, 2.05) is 65.4 Å². The molecule has 9 rings (SSSR count). The first-order valence-corrected chi connectivity index (χ1v) is 28.4. The lowest BCUT2D eigenvalue weighted by molar-refractivity contribution is -0.158. The van der Waals surface area contributed by atoms with Crippen LogP contribution in [0.15, 0.2) is 108 Å². The zero-order chi connectivity index (χ0) is 57.6. The number of ether oxygens (including phenoxy) is 1. The highest BCUT2D eigenvalue weighted by atomic mass is 16.5. The average Bonchev–Trinajstić information content (AvgIpc) is 4.35. The van der Waals surface area contributed by atoms with E-state index < -0.39 is 84.3 Å². The van der Waals surface area contributed by atoms with Crippen molar-refractivity contribution in [2.24, 2.45) is 0 Å². The SMILES string of the molecule is C=C(CCCC[C@H]1C(=O)N[C@@H](C)C(=O)N2CCC[C@H]2C(=O)OC[C@H](NC(=O)[C@H](Cc2ccccc2)NC(=O)/C=C/CC)C(=O)N2CCC[C@H]2C(=O)N1C)Nc1ccc2c(c1)Cc1cc(N(C)C)cc3oc4cc(=[N+](C)C)ccc-4c-2c13. The Morgan fingerprint density at radius 2 is 1.60 bits per heavy atom. The molecule has 6 aliphatic rings. The summed E-state index contributed by atoms with van der Waals surface area (Å²) in [6.45, 7) is 7.63. The smallest absolute Gasteiger partial charge is 0.328 e. The van der Waals surface area contributed by atoms with Crippen LogP contribution in [-0.2, 0) is 51.1 Å². The third kappa shape index (κ3) is 12.7. The maximum Gasteiger partial charge on any atom is 0.328 e. The molecule has 6 amide bonds. The second-order valence-corrected chi connectivity index (χ2v) is 22.3. The van der Waals surface area contributed by atoms with E-state index in [1.54, 1.807) is 20.0 Å². The number of unbranched alkanes of at least 4 members (excludes halogenated alkanes) is 1. The summed E-state index contributed by atoms with van der Waals surface area (Å²) in [5, 5.41) is 14.1. The van der Waals surface area contributed by atoms with E-state index in [0.717, 1.165) is 61.4 Å². The van der Waals surface area contributed by atoms with Gasteiger partial charge < -0.3 is 50.0 Å². The van der Waals surface area contributed by atoms with Gasteiger partial charge in [0.25, 0.3) is 0 Å². The number of esters is 1. The zero-order valence-corrected chi connectivity index (χ0v) is 47.6. The third-order valence-corrected chi connectivity index (χ3v) is 16.1. The van der Waals surface area contributed by atoms with Crippen molar-refractivity contribution >= 4 is 63.8 Å². The third-order valence-electron chi connectivity index (χ3n) is 16.1. The van der Waals surface area contributed by atoms with Gasteiger partial charge in [-0.2, -0.15) is 0 Å². The van der Waals surface area contributed by atoms with Gasteiger partial charge in [-0.1, -0.05) is 62.4 Å². The Kier molecular flexibility index (Phi) is 17.7. The first kappa shape index (κ1) is 57.4. The second kappa shape index (κ2) is 25.0. The number of carbonyl (C=O) groups is 7. The topological polar surface area (TPSA) is 206 Å². The van der Waals surface area contributed by atoms with Gasteiger partial charge in [-0.3, -0.25) is 28.8 Å². The summed E-state index contributed by atoms with van der Waals surface area (Å²) in [5.41, 5.74) is 10.0. The number of hydrogen-bond acceptors (Lipinski definition) is 11. The molecular weight excluding hydrogens is 1030 g/mol. The molecule has 18 heteroatoms. The predicted molar refractivity (Wildman–Crippen MR) is 312 cm³/mol. The largest absolute Gasteiger partial charge is 0.461 e. The highest BCUT2D eigenvalue weighted by molar-refractivity contribution is 6.07. The van der Waals surface area contributed by atoms with Crippen molar-refractivity contribution < 1.29 is 42.7 Å². The molecule has 426 valence electrons. The van der Waals surface area contributed by atoms with Crippen molar-refractivity contribution in [3.63, 3.8) is 0 Å². The van der Waals surface area contributed by atoms with E-state index in [4.69, 9.17) is 9.15 Å². The Morgan fingerprint density at radius 1 is 0.877 bits per heavy atom. The minimum atomic E-state index is -1.46. The number of fused-ring (bicyclic) bond motifs is 6. The molecule has 4 N–H and O–H groups in total. The van der Waals surface area contributed by atoms with E-state index in [1.165, 1.54) is 31.9 Å². The van der Waals surface area contributed by atoms with Gasteiger partial charge in [0, 0.05) is 86.4 Å². The van der Waals surface area contributed by atoms with Crippen LogP contribution in [0.4, 0.5) is 11.4 Å². The van der Waals surface area contributed by atoms with E-state index in [2.05, 4.69) is 85.9 Å². The Hall–Kier alpha value is -8.28. The number of hydrogen-bond donors (Lipinski definition) is 4.